The Morgan fingerprint density at radius 3 is 2.75 bits per heavy atom. The van der Waals surface area contributed by atoms with Crippen molar-refractivity contribution in [1.29, 1.82) is 0 Å². The molecule has 0 bridgehead atoms. The maximum atomic E-state index is 12.1. The molecule has 0 aromatic heterocycles. The number of benzene rings is 1. The van der Waals surface area contributed by atoms with Crippen LogP contribution in [0.1, 0.15) is 6.92 Å². The average molecular weight is 296 g/mol. The summed E-state index contributed by atoms with van der Waals surface area (Å²) in [4.78, 5) is 14.0. The van der Waals surface area contributed by atoms with Crippen LogP contribution < -0.4 is 14.8 Å². The predicted molar refractivity (Wildman–Crippen MR) is 82.1 cm³/mol. The molecule has 0 spiro atoms. The van der Waals surface area contributed by atoms with E-state index in [9.17, 15) is 4.79 Å². The molecule has 1 fully saturated rings. The van der Waals surface area contributed by atoms with E-state index in [4.69, 9.17) is 9.47 Å². The van der Waals surface area contributed by atoms with E-state index < -0.39 is 0 Å². The second kappa shape index (κ2) is 7.28. The van der Waals surface area contributed by atoms with Crippen molar-refractivity contribution < 1.29 is 14.3 Å². The van der Waals surface area contributed by atoms with Crippen molar-refractivity contribution in [3.63, 3.8) is 0 Å². The number of thioether (sulfide) groups is 1. The van der Waals surface area contributed by atoms with Gasteiger partial charge in [-0.3, -0.25) is 0 Å². The van der Waals surface area contributed by atoms with Gasteiger partial charge in [0.2, 0.25) is 0 Å². The fourth-order valence-corrected chi connectivity index (χ4v) is 2.89. The van der Waals surface area contributed by atoms with E-state index in [1.165, 1.54) is 0 Å². The first-order chi connectivity index (χ1) is 9.74. The first-order valence-corrected chi connectivity index (χ1v) is 7.84. The number of nitrogens with one attached hydrogen (secondary N) is 1. The molecule has 2 amide bonds. The summed E-state index contributed by atoms with van der Waals surface area (Å²) in [6, 6.07) is 5.35. The SMILES string of the molecule is CCOc1cc(NC(=O)N2CCSCC2)ccc1OC. The standard InChI is InChI=1S/C14H20N2O3S/c1-3-19-13-10-11(4-5-12(13)18-2)15-14(17)16-6-8-20-9-7-16/h4-5,10H,3,6-9H2,1-2H3,(H,15,17). The number of ether oxygens (including phenoxy) is 2. The monoisotopic (exact) mass is 296 g/mol. The van der Waals surface area contributed by atoms with Gasteiger partial charge in [-0.05, 0) is 19.1 Å². The van der Waals surface area contributed by atoms with Gasteiger partial charge in [0.05, 0.1) is 13.7 Å². The number of carbonyl (C=O) groups excluding carboxylic acids is 1. The van der Waals surface area contributed by atoms with Crippen molar-refractivity contribution in [2.45, 2.75) is 6.92 Å². The highest BCUT2D eigenvalue weighted by atomic mass is 32.2. The number of nitrogens with zero attached hydrogens (tertiary/aromatic N) is 1. The molecule has 110 valence electrons. The summed E-state index contributed by atoms with van der Waals surface area (Å²) in [5.74, 6) is 3.31. The van der Waals surface area contributed by atoms with Gasteiger partial charge in [-0.15, -0.1) is 0 Å². The van der Waals surface area contributed by atoms with E-state index >= 15 is 0 Å². The second-order valence-electron chi connectivity index (χ2n) is 4.33. The highest BCUT2D eigenvalue weighted by molar-refractivity contribution is 7.99. The van der Waals surface area contributed by atoms with Gasteiger partial charge >= 0.3 is 6.03 Å². The lowest BCUT2D eigenvalue weighted by Crippen LogP contribution is -2.40. The summed E-state index contributed by atoms with van der Waals surface area (Å²) >= 11 is 1.88. The first kappa shape index (κ1) is 14.8. The van der Waals surface area contributed by atoms with E-state index in [1.807, 2.05) is 29.7 Å². The first-order valence-electron chi connectivity index (χ1n) is 6.69. The average Bonchev–Trinajstić information content (AvgIpc) is 2.49. The van der Waals surface area contributed by atoms with Crippen molar-refractivity contribution in [1.82, 2.24) is 4.90 Å². The van der Waals surface area contributed by atoms with Crippen molar-refractivity contribution in [2.24, 2.45) is 0 Å². The third kappa shape index (κ3) is 3.72. The minimum atomic E-state index is -0.0575. The number of urea groups is 1. The van der Waals surface area contributed by atoms with Crippen molar-refractivity contribution >= 4 is 23.5 Å². The summed E-state index contributed by atoms with van der Waals surface area (Å²) in [5, 5.41) is 2.90. The normalized spacial score (nSPS) is 14.8. The van der Waals surface area contributed by atoms with Crippen molar-refractivity contribution in [3.05, 3.63) is 18.2 Å². The Balaban J connectivity index is 2.04. The molecule has 1 N–H and O–H groups in total. The zero-order valence-electron chi connectivity index (χ0n) is 11.8. The van der Waals surface area contributed by atoms with Crippen LogP contribution in [0.4, 0.5) is 10.5 Å². The Hall–Kier alpha value is -1.56. The topological polar surface area (TPSA) is 50.8 Å². The minimum absolute atomic E-state index is 0.0575. The Labute approximate surface area is 123 Å². The molecule has 2 rings (SSSR count). The molecular formula is C14H20N2O3S. The van der Waals surface area contributed by atoms with Crippen LogP contribution in [-0.2, 0) is 0 Å². The fourth-order valence-electron chi connectivity index (χ4n) is 1.99. The van der Waals surface area contributed by atoms with Gasteiger partial charge in [0, 0.05) is 36.3 Å². The molecule has 0 aliphatic carbocycles. The molecule has 0 saturated carbocycles. The van der Waals surface area contributed by atoms with Gasteiger partial charge in [-0.25, -0.2) is 4.79 Å². The maximum Gasteiger partial charge on any atom is 0.321 e. The van der Waals surface area contributed by atoms with E-state index in [0.29, 0.717) is 18.1 Å². The summed E-state index contributed by atoms with van der Waals surface area (Å²) in [6.07, 6.45) is 0. The molecule has 1 aromatic rings. The lowest BCUT2D eigenvalue weighted by Gasteiger charge is -2.26. The van der Waals surface area contributed by atoms with E-state index in [-0.39, 0.29) is 6.03 Å². The summed E-state index contributed by atoms with van der Waals surface area (Å²) in [5.41, 5.74) is 0.720. The Morgan fingerprint density at radius 1 is 1.35 bits per heavy atom. The van der Waals surface area contributed by atoms with E-state index in [2.05, 4.69) is 5.32 Å². The third-order valence-electron chi connectivity index (χ3n) is 3.01. The Bertz CT molecular complexity index is 462. The van der Waals surface area contributed by atoms with Gasteiger partial charge in [0.1, 0.15) is 0 Å². The van der Waals surface area contributed by atoms with Crippen molar-refractivity contribution in [2.75, 3.05) is 43.6 Å². The molecule has 0 radical (unpaired) electrons. The van der Waals surface area contributed by atoms with Crippen LogP contribution in [0.15, 0.2) is 18.2 Å². The van der Waals surface area contributed by atoms with Crippen LogP contribution in [0.2, 0.25) is 0 Å². The second-order valence-corrected chi connectivity index (χ2v) is 5.55. The highest BCUT2D eigenvalue weighted by Crippen LogP contribution is 2.30. The fraction of sp³-hybridized carbons (Fsp3) is 0.500. The number of hydrogen-bond acceptors (Lipinski definition) is 4. The summed E-state index contributed by atoms with van der Waals surface area (Å²) < 4.78 is 10.7. The summed E-state index contributed by atoms with van der Waals surface area (Å²) in [6.45, 7) is 4.06. The number of amides is 2. The zero-order chi connectivity index (χ0) is 14.4. The van der Waals surface area contributed by atoms with Gasteiger partial charge in [-0.2, -0.15) is 11.8 Å². The van der Waals surface area contributed by atoms with Crippen LogP contribution in [0.25, 0.3) is 0 Å². The highest BCUT2D eigenvalue weighted by Gasteiger charge is 2.17. The smallest absolute Gasteiger partial charge is 0.321 e. The number of carbonyl (C=O) groups is 1. The number of methoxy groups -OCH3 is 1. The zero-order valence-corrected chi connectivity index (χ0v) is 12.7. The van der Waals surface area contributed by atoms with Crippen molar-refractivity contribution in [3.8, 4) is 11.5 Å². The Kier molecular flexibility index (Phi) is 5.40. The number of rotatable bonds is 4. The number of anilines is 1. The number of hydrogen-bond donors (Lipinski definition) is 1. The van der Waals surface area contributed by atoms with Gasteiger partial charge in [0.15, 0.2) is 11.5 Å². The van der Waals surface area contributed by atoms with E-state index in [1.54, 1.807) is 19.2 Å². The molecule has 20 heavy (non-hydrogen) atoms. The molecule has 1 saturated heterocycles. The predicted octanol–water partition coefficient (Wildman–Crippen LogP) is 2.67. The van der Waals surface area contributed by atoms with E-state index in [0.717, 1.165) is 30.3 Å². The van der Waals surface area contributed by atoms with Crippen LogP contribution >= 0.6 is 11.8 Å². The molecular weight excluding hydrogens is 276 g/mol. The molecule has 6 heteroatoms. The molecule has 0 atom stereocenters. The molecule has 1 aliphatic rings. The minimum Gasteiger partial charge on any atom is -0.493 e. The molecule has 0 unspecified atom stereocenters. The quantitative estimate of drug-likeness (QED) is 0.928. The van der Waals surface area contributed by atoms with Gasteiger partial charge < -0.3 is 19.7 Å². The largest absolute Gasteiger partial charge is 0.493 e. The lowest BCUT2D eigenvalue weighted by atomic mass is 10.2. The van der Waals surface area contributed by atoms with Crippen LogP contribution in [0.5, 0.6) is 11.5 Å². The lowest BCUT2D eigenvalue weighted by molar-refractivity contribution is 0.217. The molecule has 5 nitrogen and oxygen atoms in total. The van der Waals surface area contributed by atoms with Gasteiger partial charge in [0.25, 0.3) is 0 Å². The summed E-state index contributed by atoms with van der Waals surface area (Å²) in [7, 11) is 1.60. The molecule has 1 aromatic carbocycles. The molecule has 1 aliphatic heterocycles. The van der Waals surface area contributed by atoms with Crippen LogP contribution in [-0.4, -0.2) is 49.2 Å². The maximum absolute atomic E-state index is 12.1. The molecule has 1 heterocycles. The van der Waals surface area contributed by atoms with Gasteiger partial charge in [-0.1, -0.05) is 0 Å². The van der Waals surface area contributed by atoms with Crippen LogP contribution in [0.3, 0.4) is 0 Å². The Morgan fingerprint density at radius 2 is 2.10 bits per heavy atom. The van der Waals surface area contributed by atoms with Crippen LogP contribution in [0, 0.1) is 0 Å². The third-order valence-corrected chi connectivity index (χ3v) is 3.96.